The Hall–Kier alpha value is -2.18. The molecule has 2 rings (SSSR count). The third kappa shape index (κ3) is 2.98. The molecule has 0 fully saturated rings. The molecule has 0 atom stereocenters. The van der Waals surface area contributed by atoms with E-state index in [9.17, 15) is 0 Å². The van der Waals surface area contributed by atoms with Gasteiger partial charge < -0.3 is 10.6 Å². The van der Waals surface area contributed by atoms with Crippen molar-refractivity contribution in [2.24, 2.45) is 0 Å². The highest BCUT2D eigenvalue weighted by atomic mass is 35.5. The summed E-state index contributed by atoms with van der Waals surface area (Å²) in [6.45, 7) is 0.642. The standard InChI is InChI=1S/C15H14ClN3/c1-19(10-11-4-2-3-5-14(11)18)15-7-6-13(16)8-12(15)9-17/h2-8H,10,18H2,1H3. The molecule has 0 amide bonds. The van der Waals surface area contributed by atoms with Gasteiger partial charge in [0.25, 0.3) is 0 Å². The van der Waals surface area contributed by atoms with E-state index in [-0.39, 0.29) is 0 Å². The van der Waals surface area contributed by atoms with E-state index in [1.54, 1.807) is 12.1 Å². The van der Waals surface area contributed by atoms with E-state index < -0.39 is 0 Å². The summed E-state index contributed by atoms with van der Waals surface area (Å²) in [5, 5.41) is 9.72. The summed E-state index contributed by atoms with van der Waals surface area (Å²) in [4.78, 5) is 1.99. The fraction of sp³-hybridized carbons (Fsp3) is 0.133. The Morgan fingerprint density at radius 3 is 2.68 bits per heavy atom. The molecule has 0 bridgehead atoms. The van der Waals surface area contributed by atoms with Crippen molar-refractivity contribution >= 4 is 23.0 Å². The van der Waals surface area contributed by atoms with Gasteiger partial charge in [-0.15, -0.1) is 0 Å². The second kappa shape index (κ2) is 5.64. The molecular weight excluding hydrogens is 258 g/mol. The highest BCUT2D eigenvalue weighted by Gasteiger charge is 2.09. The van der Waals surface area contributed by atoms with Crippen LogP contribution in [0.5, 0.6) is 0 Å². The number of anilines is 2. The Kier molecular flexibility index (Phi) is 3.94. The molecule has 2 aromatic carbocycles. The smallest absolute Gasteiger partial charge is 0.101 e. The summed E-state index contributed by atoms with van der Waals surface area (Å²) in [5.74, 6) is 0. The van der Waals surface area contributed by atoms with Gasteiger partial charge in [0, 0.05) is 24.3 Å². The Labute approximate surface area is 117 Å². The van der Waals surface area contributed by atoms with E-state index in [4.69, 9.17) is 22.6 Å². The lowest BCUT2D eigenvalue weighted by molar-refractivity contribution is 0.923. The Morgan fingerprint density at radius 2 is 2.00 bits per heavy atom. The number of nitrogen functional groups attached to an aromatic ring is 1. The SMILES string of the molecule is CN(Cc1ccccc1N)c1ccc(Cl)cc1C#N. The Bertz CT molecular complexity index is 632. The molecule has 0 spiro atoms. The zero-order valence-corrected chi connectivity index (χ0v) is 11.4. The molecule has 0 aromatic heterocycles. The minimum Gasteiger partial charge on any atom is -0.398 e. The van der Waals surface area contributed by atoms with Crippen molar-refractivity contribution in [3.8, 4) is 6.07 Å². The summed E-state index contributed by atoms with van der Waals surface area (Å²) in [6, 6.07) is 15.2. The van der Waals surface area contributed by atoms with Crippen LogP contribution in [-0.4, -0.2) is 7.05 Å². The number of nitriles is 1. The highest BCUT2D eigenvalue weighted by Crippen LogP contribution is 2.25. The number of hydrogen-bond donors (Lipinski definition) is 1. The summed E-state index contributed by atoms with van der Waals surface area (Å²) in [6.07, 6.45) is 0. The minimum absolute atomic E-state index is 0.560. The first-order valence-corrected chi connectivity index (χ1v) is 6.24. The molecule has 3 nitrogen and oxygen atoms in total. The molecule has 0 saturated carbocycles. The molecule has 0 aliphatic heterocycles. The van der Waals surface area contributed by atoms with Crippen molar-refractivity contribution in [2.75, 3.05) is 17.7 Å². The van der Waals surface area contributed by atoms with Crippen LogP contribution in [0.4, 0.5) is 11.4 Å². The zero-order chi connectivity index (χ0) is 13.8. The number of hydrogen-bond acceptors (Lipinski definition) is 3. The average Bonchev–Trinajstić information content (AvgIpc) is 2.41. The first kappa shape index (κ1) is 13.3. The average molecular weight is 272 g/mol. The van der Waals surface area contributed by atoms with Crippen LogP contribution >= 0.6 is 11.6 Å². The number of nitrogens with two attached hydrogens (primary N) is 1. The Morgan fingerprint density at radius 1 is 1.26 bits per heavy atom. The molecule has 96 valence electrons. The van der Waals surface area contributed by atoms with E-state index in [0.717, 1.165) is 16.9 Å². The number of rotatable bonds is 3. The lowest BCUT2D eigenvalue weighted by Crippen LogP contribution is -2.18. The molecule has 4 heteroatoms. The van der Waals surface area contributed by atoms with E-state index in [1.807, 2.05) is 42.3 Å². The second-order valence-corrected chi connectivity index (χ2v) is 4.76. The van der Waals surface area contributed by atoms with Crippen molar-refractivity contribution in [2.45, 2.75) is 6.54 Å². The summed E-state index contributed by atoms with van der Waals surface area (Å²) in [5.41, 5.74) is 9.11. The molecule has 2 aromatic rings. The van der Waals surface area contributed by atoms with Crippen LogP contribution < -0.4 is 10.6 Å². The van der Waals surface area contributed by atoms with Gasteiger partial charge in [-0.3, -0.25) is 0 Å². The van der Waals surface area contributed by atoms with Crippen LogP contribution in [0.25, 0.3) is 0 Å². The summed E-state index contributed by atoms with van der Waals surface area (Å²) in [7, 11) is 1.93. The quantitative estimate of drug-likeness (QED) is 0.870. The predicted octanol–water partition coefficient (Wildman–Crippen LogP) is 3.43. The minimum atomic E-state index is 0.560. The fourth-order valence-corrected chi connectivity index (χ4v) is 2.12. The molecule has 0 aliphatic carbocycles. The summed E-state index contributed by atoms with van der Waals surface area (Å²) < 4.78 is 0. The molecule has 0 heterocycles. The number of para-hydroxylation sites is 1. The molecule has 2 N–H and O–H groups in total. The van der Waals surface area contributed by atoms with Crippen LogP contribution in [0.3, 0.4) is 0 Å². The van der Waals surface area contributed by atoms with E-state index >= 15 is 0 Å². The van der Waals surface area contributed by atoms with Gasteiger partial charge in [0.05, 0.1) is 11.3 Å². The van der Waals surface area contributed by atoms with Gasteiger partial charge >= 0.3 is 0 Å². The normalized spacial score (nSPS) is 9.95. The molecule has 0 aliphatic rings. The first-order chi connectivity index (χ1) is 9.11. The van der Waals surface area contributed by atoms with Gasteiger partial charge in [0.15, 0.2) is 0 Å². The van der Waals surface area contributed by atoms with Crippen molar-refractivity contribution in [1.82, 2.24) is 0 Å². The Balaban J connectivity index is 2.28. The van der Waals surface area contributed by atoms with E-state index in [0.29, 0.717) is 17.1 Å². The van der Waals surface area contributed by atoms with Gasteiger partial charge in [-0.1, -0.05) is 29.8 Å². The molecule has 0 saturated heterocycles. The third-order valence-corrected chi connectivity index (χ3v) is 3.19. The molecule has 0 radical (unpaired) electrons. The maximum Gasteiger partial charge on any atom is 0.101 e. The molecule has 19 heavy (non-hydrogen) atoms. The first-order valence-electron chi connectivity index (χ1n) is 5.86. The molecule has 0 unspecified atom stereocenters. The zero-order valence-electron chi connectivity index (χ0n) is 10.6. The van der Waals surface area contributed by atoms with Crippen molar-refractivity contribution in [3.63, 3.8) is 0 Å². The van der Waals surface area contributed by atoms with Gasteiger partial charge in [0.1, 0.15) is 6.07 Å². The number of halogens is 1. The van der Waals surface area contributed by atoms with Gasteiger partial charge in [-0.2, -0.15) is 5.26 Å². The number of benzene rings is 2. The number of nitrogens with zero attached hydrogens (tertiary/aromatic N) is 2. The van der Waals surface area contributed by atoms with Gasteiger partial charge in [-0.25, -0.2) is 0 Å². The van der Waals surface area contributed by atoms with Crippen LogP contribution in [0.2, 0.25) is 5.02 Å². The topological polar surface area (TPSA) is 53.0 Å². The van der Waals surface area contributed by atoms with E-state index in [2.05, 4.69) is 6.07 Å². The van der Waals surface area contributed by atoms with Crippen LogP contribution in [0.1, 0.15) is 11.1 Å². The van der Waals surface area contributed by atoms with Crippen LogP contribution in [-0.2, 0) is 6.54 Å². The largest absolute Gasteiger partial charge is 0.398 e. The molecular formula is C15H14ClN3. The van der Waals surface area contributed by atoms with Crippen molar-refractivity contribution < 1.29 is 0 Å². The van der Waals surface area contributed by atoms with Gasteiger partial charge in [-0.05, 0) is 29.8 Å². The summed E-state index contributed by atoms with van der Waals surface area (Å²) >= 11 is 5.90. The monoisotopic (exact) mass is 271 g/mol. The maximum atomic E-state index is 9.15. The van der Waals surface area contributed by atoms with Crippen LogP contribution in [0, 0.1) is 11.3 Å². The third-order valence-electron chi connectivity index (χ3n) is 2.95. The second-order valence-electron chi connectivity index (χ2n) is 4.33. The van der Waals surface area contributed by atoms with Crippen molar-refractivity contribution in [1.29, 1.82) is 5.26 Å². The van der Waals surface area contributed by atoms with Crippen molar-refractivity contribution in [3.05, 3.63) is 58.6 Å². The fourth-order valence-electron chi connectivity index (χ4n) is 1.95. The maximum absolute atomic E-state index is 9.15. The van der Waals surface area contributed by atoms with E-state index in [1.165, 1.54) is 0 Å². The lowest BCUT2D eigenvalue weighted by atomic mass is 10.1. The highest BCUT2D eigenvalue weighted by molar-refractivity contribution is 6.30. The lowest BCUT2D eigenvalue weighted by Gasteiger charge is -2.21. The van der Waals surface area contributed by atoms with Gasteiger partial charge in [0.2, 0.25) is 0 Å². The van der Waals surface area contributed by atoms with Crippen LogP contribution in [0.15, 0.2) is 42.5 Å². The predicted molar refractivity (Wildman–Crippen MR) is 79.1 cm³/mol.